The Hall–Kier alpha value is -2.90. The molecule has 1 amide bonds. The maximum absolute atomic E-state index is 12.6. The Labute approximate surface area is 183 Å². The summed E-state index contributed by atoms with van der Waals surface area (Å²) in [5.74, 6) is 0.344. The third-order valence-electron chi connectivity index (χ3n) is 5.36. The Morgan fingerprint density at radius 2 is 1.74 bits per heavy atom. The fourth-order valence-corrected chi connectivity index (χ4v) is 3.75. The molecule has 7 heteroatoms. The zero-order valence-electron chi connectivity index (χ0n) is 18.5. The lowest BCUT2D eigenvalue weighted by Gasteiger charge is -2.34. The molecule has 0 radical (unpaired) electrons. The predicted molar refractivity (Wildman–Crippen MR) is 120 cm³/mol. The molecule has 0 atom stereocenters. The van der Waals surface area contributed by atoms with Crippen molar-refractivity contribution in [3.05, 3.63) is 59.2 Å². The van der Waals surface area contributed by atoms with Crippen molar-refractivity contribution < 1.29 is 19.1 Å². The van der Waals surface area contributed by atoms with Gasteiger partial charge in [-0.15, -0.1) is 0 Å². The predicted octanol–water partition coefficient (Wildman–Crippen LogP) is 2.94. The summed E-state index contributed by atoms with van der Waals surface area (Å²) >= 11 is 0. The van der Waals surface area contributed by atoms with Crippen molar-refractivity contribution in [1.29, 1.82) is 0 Å². The van der Waals surface area contributed by atoms with Gasteiger partial charge in [-0.25, -0.2) is 4.79 Å². The van der Waals surface area contributed by atoms with Crippen molar-refractivity contribution in [2.75, 3.05) is 51.8 Å². The second-order valence-electron chi connectivity index (χ2n) is 7.68. The van der Waals surface area contributed by atoms with E-state index in [-0.39, 0.29) is 5.91 Å². The first kappa shape index (κ1) is 22.8. The number of carbonyl (C=O) groups is 2. The Bertz CT molecular complexity index is 907. The first-order chi connectivity index (χ1) is 15.0. The molecule has 166 valence electrons. The smallest absolute Gasteiger partial charge is 0.340 e. The molecule has 1 fully saturated rings. The topological polar surface area (TPSA) is 71.1 Å². The summed E-state index contributed by atoms with van der Waals surface area (Å²) in [5, 5.41) is 2.86. The van der Waals surface area contributed by atoms with Crippen LogP contribution in [0.2, 0.25) is 0 Å². The molecule has 0 unspecified atom stereocenters. The number of nitrogens with one attached hydrogen (secondary N) is 1. The van der Waals surface area contributed by atoms with Crippen LogP contribution in [-0.4, -0.2) is 68.1 Å². The monoisotopic (exact) mass is 425 g/mol. The molecule has 3 rings (SSSR count). The molecule has 1 aliphatic rings. The lowest BCUT2D eigenvalue weighted by molar-refractivity contribution is -0.117. The first-order valence-corrected chi connectivity index (χ1v) is 10.6. The van der Waals surface area contributed by atoms with E-state index in [0.717, 1.165) is 38.5 Å². The number of nitrogens with zero attached hydrogens (tertiary/aromatic N) is 2. The molecule has 0 spiro atoms. The van der Waals surface area contributed by atoms with Crippen LogP contribution in [0.4, 0.5) is 5.69 Å². The Kier molecular flexibility index (Phi) is 8.03. The van der Waals surface area contributed by atoms with Crippen LogP contribution in [0.15, 0.2) is 42.5 Å². The van der Waals surface area contributed by atoms with E-state index < -0.39 is 5.97 Å². The van der Waals surface area contributed by atoms with Crippen LogP contribution >= 0.6 is 0 Å². The SMILES string of the molecule is CCOC(=O)c1ccccc1NC(=O)CN1CCN(Cc2cc(C)ccc2OC)CC1. The van der Waals surface area contributed by atoms with Gasteiger partial charge in [0.15, 0.2) is 0 Å². The second kappa shape index (κ2) is 10.9. The number of hydrogen-bond donors (Lipinski definition) is 1. The largest absolute Gasteiger partial charge is 0.496 e. The third kappa shape index (κ3) is 6.29. The van der Waals surface area contributed by atoms with Crippen molar-refractivity contribution in [3.8, 4) is 5.75 Å². The van der Waals surface area contributed by atoms with E-state index in [1.54, 1.807) is 38.3 Å². The van der Waals surface area contributed by atoms with E-state index in [1.165, 1.54) is 11.1 Å². The van der Waals surface area contributed by atoms with Gasteiger partial charge in [0.1, 0.15) is 5.75 Å². The molecular formula is C24H31N3O4. The van der Waals surface area contributed by atoms with Crippen molar-refractivity contribution in [1.82, 2.24) is 9.80 Å². The van der Waals surface area contributed by atoms with Crippen LogP contribution < -0.4 is 10.1 Å². The van der Waals surface area contributed by atoms with Crippen molar-refractivity contribution in [3.63, 3.8) is 0 Å². The van der Waals surface area contributed by atoms with Gasteiger partial charge in [-0.3, -0.25) is 14.6 Å². The fraction of sp³-hybridized carbons (Fsp3) is 0.417. The number of benzene rings is 2. The lowest BCUT2D eigenvalue weighted by atomic mass is 10.1. The van der Waals surface area contributed by atoms with Crippen LogP contribution in [0.5, 0.6) is 5.75 Å². The summed E-state index contributed by atoms with van der Waals surface area (Å²) in [7, 11) is 1.70. The minimum atomic E-state index is -0.432. The number of aryl methyl sites for hydroxylation is 1. The van der Waals surface area contributed by atoms with Gasteiger partial charge in [-0.2, -0.15) is 0 Å². The maximum atomic E-state index is 12.6. The number of rotatable bonds is 8. The van der Waals surface area contributed by atoms with Gasteiger partial charge >= 0.3 is 5.97 Å². The zero-order valence-corrected chi connectivity index (χ0v) is 18.5. The maximum Gasteiger partial charge on any atom is 0.340 e. The molecule has 31 heavy (non-hydrogen) atoms. The van der Waals surface area contributed by atoms with Crippen LogP contribution in [0.3, 0.4) is 0 Å². The quantitative estimate of drug-likeness (QED) is 0.656. The van der Waals surface area contributed by atoms with Crippen molar-refractivity contribution in [2.24, 2.45) is 0 Å². The summed E-state index contributed by atoms with van der Waals surface area (Å²) in [4.78, 5) is 29.2. The number of ether oxygens (including phenoxy) is 2. The third-order valence-corrected chi connectivity index (χ3v) is 5.36. The molecule has 0 bridgehead atoms. The van der Waals surface area contributed by atoms with Crippen LogP contribution in [-0.2, 0) is 16.1 Å². The standard InChI is InChI=1S/C24H31N3O4/c1-4-31-24(29)20-7-5-6-8-21(20)25-23(28)17-27-13-11-26(12-14-27)16-19-15-18(2)9-10-22(19)30-3/h5-10,15H,4,11-14,16-17H2,1-3H3,(H,25,28). The Balaban J connectivity index is 1.51. The average molecular weight is 426 g/mol. The summed E-state index contributed by atoms with van der Waals surface area (Å²) in [6.45, 7) is 8.62. The number of piperazine rings is 1. The lowest BCUT2D eigenvalue weighted by Crippen LogP contribution is -2.48. The van der Waals surface area contributed by atoms with E-state index in [4.69, 9.17) is 9.47 Å². The number of anilines is 1. The molecular weight excluding hydrogens is 394 g/mol. The number of amides is 1. The normalized spacial score (nSPS) is 14.8. The van der Waals surface area contributed by atoms with E-state index >= 15 is 0 Å². The number of carbonyl (C=O) groups excluding carboxylic acids is 2. The molecule has 1 aliphatic heterocycles. The molecule has 0 saturated carbocycles. The number of esters is 1. The number of methoxy groups -OCH3 is 1. The van der Waals surface area contributed by atoms with Gasteiger partial charge in [0.25, 0.3) is 0 Å². The van der Waals surface area contributed by atoms with Crippen LogP contribution in [0.25, 0.3) is 0 Å². The summed E-state index contributed by atoms with van der Waals surface area (Å²) in [6, 6.07) is 13.2. The fourth-order valence-electron chi connectivity index (χ4n) is 3.75. The van der Waals surface area contributed by atoms with Gasteiger partial charge in [0.05, 0.1) is 31.5 Å². The second-order valence-corrected chi connectivity index (χ2v) is 7.68. The molecule has 1 N–H and O–H groups in total. The summed E-state index contributed by atoms with van der Waals surface area (Å²) in [5.41, 5.74) is 3.25. The number of para-hydroxylation sites is 1. The van der Waals surface area contributed by atoms with Gasteiger partial charge in [0, 0.05) is 38.3 Å². The highest BCUT2D eigenvalue weighted by molar-refractivity contribution is 6.01. The summed E-state index contributed by atoms with van der Waals surface area (Å²) in [6.07, 6.45) is 0. The van der Waals surface area contributed by atoms with Crippen LogP contribution in [0, 0.1) is 6.92 Å². The molecule has 0 aromatic heterocycles. The summed E-state index contributed by atoms with van der Waals surface area (Å²) < 4.78 is 10.6. The minimum absolute atomic E-state index is 0.134. The number of hydrogen-bond acceptors (Lipinski definition) is 6. The molecule has 0 aliphatic carbocycles. The highest BCUT2D eigenvalue weighted by atomic mass is 16.5. The minimum Gasteiger partial charge on any atom is -0.496 e. The average Bonchev–Trinajstić information content (AvgIpc) is 2.76. The van der Waals surface area contributed by atoms with Gasteiger partial charge in [-0.05, 0) is 32.0 Å². The molecule has 7 nitrogen and oxygen atoms in total. The molecule has 2 aromatic rings. The van der Waals surface area contributed by atoms with Gasteiger partial charge < -0.3 is 14.8 Å². The Morgan fingerprint density at radius 3 is 2.45 bits per heavy atom. The molecule has 2 aromatic carbocycles. The van der Waals surface area contributed by atoms with E-state index in [0.29, 0.717) is 24.4 Å². The van der Waals surface area contributed by atoms with Crippen molar-refractivity contribution >= 4 is 17.6 Å². The Morgan fingerprint density at radius 1 is 1.03 bits per heavy atom. The molecule has 1 heterocycles. The van der Waals surface area contributed by atoms with Crippen LogP contribution in [0.1, 0.15) is 28.4 Å². The van der Waals surface area contributed by atoms with Gasteiger partial charge in [-0.1, -0.05) is 29.8 Å². The zero-order chi connectivity index (χ0) is 22.2. The van der Waals surface area contributed by atoms with E-state index in [9.17, 15) is 9.59 Å². The van der Waals surface area contributed by atoms with E-state index in [2.05, 4.69) is 34.2 Å². The highest BCUT2D eigenvalue weighted by Crippen LogP contribution is 2.22. The highest BCUT2D eigenvalue weighted by Gasteiger charge is 2.21. The molecule has 1 saturated heterocycles. The van der Waals surface area contributed by atoms with Crippen molar-refractivity contribution in [2.45, 2.75) is 20.4 Å². The van der Waals surface area contributed by atoms with Gasteiger partial charge in [0.2, 0.25) is 5.91 Å². The van der Waals surface area contributed by atoms with E-state index in [1.807, 2.05) is 6.07 Å². The first-order valence-electron chi connectivity index (χ1n) is 10.6.